The second kappa shape index (κ2) is 6.26. The Morgan fingerprint density at radius 2 is 2.00 bits per heavy atom. The van der Waals surface area contributed by atoms with Gasteiger partial charge >= 0.3 is 0 Å². The fourth-order valence-corrected chi connectivity index (χ4v) is 2.92. The molecule has 0 bridgehead atoms. The van der Waals surface area contributed by atoms with E-state index in [2.05, 4.69) is 9.88 Å². The summed E-state index contributed by atoms with van der Waals surface area (Å²) in [5, 5.41) is 0. The Morgan fingerprint density at radius 1 is 1.19 bits per heavy atom. The summed E-state index contributed by atoms with van der Waals surface area (Å²) in [6.45, 7) is 3.89. The molecule has 5 heteroatoms. The van der Waals surface area contributed by atoms with Crippen molar-refractivity contribution in [1.29, 1.82) is 0 Å². The van der Waals surface area contributed by atoms with Crippen LogP contribution in [0.25, 0.3) is 11.0 Å². The number of benzene rings is 1. The molecule has 112 valence electrons. The molecule has 0 spiro atoms. The van der Waals surface area contributed by atoms with E-state index in [1.165, 1.54) is 25.5 Å². The maximum atomic E-state index is 12.1. The van der Waals surface area contributed by atoms with Crippen LogP contribution in [0.1, 0.15) is 19.3 Å². The third-order valence-electron chi connectivity index (χ3n) is 4.14. The van der Waals surface area contributed by atoms with Crippen LogP contribution in [0.3, 0.4) is 0 Å². The highest BCUT2D eigenvalue weighted by Gasteiger charge is 2.11. The van der Waals surface area contributed by atoms with Gasteiger partial charge in [0.05, 0.1) is 24.3 Å². The van der Waals surface area contributed by atoms with Crippen molar-refractivity contribution >= 4 is 11.0 Å². The van der Waals surface area contributed by atoms with Crippen LogP contribution in [0.15, 0.2) is 29.2 Å². The van der Waals surface area contributed by atoms with Crippen molar-refractivity contribution in [2.75, 3.05) is 26.7 Å². The maximum absolute atomic E-state index is 12.1. The monoisotopic (exact) mass is 287 g/mol. The first-order chi connectivity index (χ1) is 10.3. The van der Waals surface area contributed by atoms with E-state index in [-0.39, 0.29) is 5.56 Å². The van der Waals surface area contributed by atoms with Gasteiger partial charge in [-0.25, -0.2) is 4.98 Å². The van der Waals surface area contributed by atoms with E-state index >= 15 is 0 Å². The highest BCUT2D eigenvalue weighted by atomic mass is 16.5. The van der Waals surface area contributed by atoms with Crippen molar-refractivity contribution in [1.82, 2.24) is 14.5 Å². The summed E-state index contributed by atoms with van der Waals surface area (Å²) in [7, 11) is 1.63. The van der Waals surface area contributed by atoms with Gasteiger partial charge < -0.3 is 14.2 Å². The number of nitrogens with zero attached hydrogens (tertiary/aromatic N) is 3. The van der Waals surface area contributed by atoms with Crippen LogP contribution in [0.2, 0.25) is 0 Å². The molecule has 1 aliphatic heterocycles. The zero-order chi connectivity index (χ0) is 14.7. The lowest BCUT2D eigenvalue weighted by Gasteiger charge is -2.26. The van der Waals surface area contributed by atoms with Gasteiger partial charge in [0, 0.05) is 19.2 Å². The first-order valence-electron chi connectivity index (χ1n) is 7.54. The quantitative estimate of drug-likeness (QED) is 0.861. The van der Waals surface area contributed by atoms with E-state index < -0.39 is 0 Å². The molecule has 5 nitrogen and oxygen atoms in total. The number of aromatic nitrogens is 2. The van der Waals surface area contributed by atoms with E-state index in [9.17, 15) is 4.79 Å². The van der Waals surface area contributed by atoms with Crippen LogP contribution in [0.5, 0.6) is 5.75 Å². The van der Waals surface area contributed by atoms with Gasteiger partial charge in [-0.1, -0.05) is 6.42 Å². The normalized spacial score (nSPS) is 16.2. The molecule has 1 aromatic carbocycles. The van der Waals surface area contributed by atoms with E-state index in [1.807, 2.05) is 18.2 Å². The minimum absolute atomic E-state index is 0.0484. The fraction of sp³-hybridized carbons (Fsp3) is 0.500. The van der Waals surface area contributed by atoms with Crippen molar-refractivity contribution < 1.29 is 4.74 Å². The topological polar surface area (TPSA) is 47.4 Å². The van der Waals surface area contributed by atoms with Crippen molar-refractivity contribution in [3.8, 4) is 5.75 Å². The lowest BCUT2D eigenvalue weighted by atomic mass is 10.1. The number of methoxy groups -OCH3 is 1. The Morgan fingerprint density at radius 3 is 2.76 bits per heavy atom. The molecule has 0 atom stereocenters. The zero-order valence-corrected chi connectivity index (χ0v) is 12.4. The van der Waals surface area contributed by atoms with Gasteiger partial charge in [-0.05, 0) is 38.1 Å². The zero-order valence-electron chi connectivity index (χ0n) is 12.4. The second-order valence-corrected chi connectivity index (χ2v) is 5.51. The van der Waals surface area contributed by atoms with E-state index in [0.717, 1.165) is 36.4 Å². The van der Waals surface area contributed by atoms with Crippen LogP contribution in [0, 0.1) is 0 Å². The molecule has 2 aromatic rings. The lowest BCUT2D eigenvalue weighted by Crippen LogP contribution is -2.34. The Balaban J connectivity index is 1.88. The number of rotatable bonds is 4. The van der Waals surface area contributed by atoms with Crippen molar-refractivity contribution in [3.05, 3.63) is 34.7 Å². The lowest BCUT2D eigenvalue weighted by molar-refractivity contribution is 0.221. The van der Waals surface area contributed by atoms with Gasteiger partial charge in [0.15, 0.2) is 0 Å². The fourth-order valence-electron chi connectivity index (χ4n) is 2.92. The highest BCUT2D eigenvalue weighted by molar-refractivity contribution is 5.76. The summed E-state index contributed by atoms with van der Waals surface area (Å²) in [5.41, 5.74) is 1.63. The largest absolute Gasteiger partial charge is 0.497 e. The number of hydrogen-bond acceptors (Lipinski definition) is 4. The van der Waals surface area contributed by atoms with Gasteiger partial charge in [-0.2, -0.15) is 0 Å². The number of likely N-dealkylation sites (tertiary alicyclic amines) is 1. The smallest absolute Gasteiger partial charge is 0.269 e. The predicted molar refractivity (Wildman–Crippen MR) is 82.8 cm³/mol. The molecule has 2 heterocycles. The van der Waals surface area contributed by atoms with Crippen molar-refractivity contribution in [2.24, 2.45) is 0 Å². The van der Waals surface area contributed by atoms with Gasteiger partial charge in [0.25, 0.3) is 5.56 Å². The molecule has 0 saturated carbocycles. The van der Waals surface area contributed by atoms with Gasteiger partial charge in [0.2, 0.25) is 0 Å². The molecule has 1 aromatic heterocycles. The molecule has 0 radical (unpaired) electrons. The molecule has 0 amide bonds. The molecule has 0 unspecified atom stereocenters. The van der Waals surface area contributed by atoms with Crippen LogP contribution in [-0.2, 0) is 6.54 Å². The Hall–Kier alpha value is -1.88. The summed E-state index contributed by atoms with van der Waals surface area (Å²) < 4.78 is 7.06. The molecule has 0 aliphatic carbocycles. The number of ether oxygens (including phenoxy) is 1. The minimum atomic E-state index is -0.0484. The second-order valence-electron chi connectivity index (χ2n) is 5.51. The Kier molecular flexibility index (Phi) is 4.20. The van der Waals surface area contributed by atoms with Crippen LogP contribution >= 0.6 is 0 Å². The predicted octanol–water partition coefficient (Wildman–Crippen LogP) is 1.89. The van der Waals surface area contributed by atoms with E-state index in [4.69, 9.17) is 4.74 Å². The average Bonchev–Trinajstić information content (AvgIpc) is 2.54. The highest BCUT2D eigenvalue weighted by Crippen LogP contribution is 2.18. The summed E-state index contributed by atoms with van der Waals surface area (Å²) in [4.78, 5) is 18.8. The maximum Gasteiger partial charge on any atom is 0.269 e. The molecule has 21 heavy (non-hydrogen) atoms. The summed E-state index contributed by atoms with van der Waals surface area (Å²) in [6, 6.07) is 5.65. The number of piperidine rings is 1. The standard InChI is InChI=1S/C16H21N3O2/c1-21-13-5-6-14-15(11-13)19(16(20)12-17-14)10-9-18-7-3-2-4-8-18/h5-6,11-12H,2-4,7-10H2,1H3. The molecule has 1 aliphatic rings. The van der Waals surface area contributed by atoms with E-state index in [0.29, 0.717) is 6.54 Å². The molecular formula is C16H21N3O2. The summed E-state index contributed by atoms with van der Waals surface area (Å²) in [5.74, 6) is 0.752. The molecule has 3 rings (SSSR count). The van der Waals surface area contributed by atoms with Gasteiger partial charge in [-0.15, -0.1) is 0 Å². The van der Waals surface area contributed by atoms with Crippen molar-refractivity contribution in [3.63, 3.8) is 0 Å². The minimum Gasteiger partial charge on any atom is -0.497 e. The van der Waals surface area contributed by atoms with Crippen molar-refractivity contribution in [2.45, 2.75) is 25.8 Å². The van der Waals surface area contributed by atoms with Crippen LogP contribution < -0.4 is 10.3 Å². The Labute approximate surface area is 124 Å². The first-order valence-corrected chi connectivity index (χ1v) is 7.54. The molecular weight excluding hydrogens is 266 g/mol. The first kappa shape index (κ1) is 14.1. The number of fused-ring (bicyclic) bond motifs is 1. The van der Waals surface area contributed by atoms with E-state index in [1.54, 1.807) is 11.7 Å². The molecule has 1 fully saturated rings. The molecule has 0 N–H and O–H groups in total. The summed E-state index contributed by atoms with van der Waals surface area (Å²) in [6.07, 6.45) is 5.26. The average molecular weight is 287 g/mol. The third kappa shape index (κ3) is 3.08. The third-order valence-corrected chi connectivity index (χ3v) is 4.14. The van der Waals surface area contributed by atoms with Gasteiger partial charge in [0.1, 0.15) is 5.75 Å². The SMILES string of the molecule is COc1ccc2ncc(=O)n(CCN3CCCCC3)c2c1. The Bertz CT molecular complexity index is 675. The number of hydrogen-bond donors (Lipinski definition) is 0. The van der Waals surface area contributed by atoms with Crippen LogP contribution in [0.4, 0.5) is 0 Å². The van der Waals surface area contributed by atoms with Crippen LogP contribution in [-0.4, -0.2) is 41.2 Å². The molecule has 1 saturated heterocycles. The summed E-state index contributed by atoms with van der Waals surface area (Å²) >= 11 is 0. The van der Waals surface area contributed by atoms with Gasteiger partial charge in [-0.3, -0.25) is 4.79 Å².